The average Bonchev–Trinajstić information content (AvgIpc) is 2.75. The molecule has 0 aromatic heterocycles. The first kappa shape index (κ1) is 12.2. The molecule has 5 nitrogen and oxygen atoms in total. The lowest BCUT2D eigenvalue weighted by molar-refractivity contribution is -0.121. The summed E-state index contributed by atoms with van der Waals surface area (Å²) < 4.78 is 4.86. The molecule has 0 saturated carbocycles. The van der Waals surface area contributed by atoms with E-state index in [9.17, 15) is 9.59 Å². The SMILES string of the molecule is C=CCOC(=O)N1CCC(C(=O)CC#N)C1. The van der Waals surface area contributed by atoms with Crippen LogP contribution < -0.4 is 0 Å². The third-order valence-corrected chi connectivity index (χ3v) is 2.48. The summed E-state index contributed by atoms with van der Waals surface area (Å²) in [7, 11) is 0. The number of rotatable bonds is 4. The number of hydrogen-bond donors (Lipinski definition) is 0. The van der Waals surface area contributed by atoms with E-state index in [1.54, 1.807) is 0 Å². The molecule has 5 heteroatoms. The standard InChI is InChI=1S/C11H14N2O3/c1-2-7-16-11(15)13-6-4-9(8-13)10(14)3-5-12/h2,9H,1,3-4,6-8H2. The van der Waals surface area contributed by atoms with Crippen molar-refractivity contribution in [3.05, 3.63) is 12.7 Å². The minimum Gasteiger partial charge on any atom is -0.445 e. The molecule has 1 aliphatic heterocycles. The lowest BCUT2D eigenvalue weighted by Gasteiger charge is -2.14. The molecule has 86 valence electrons. The van der Waals surface area contributed by atoms with Gasteiger partial charge in [-0.25, -0.2) is 4.79 Å². The molecule has 0 bridgehead atoms. The first-order chi connectivity index (χ1) is 7.69. The molecule has 0 aromatic rings. The third kappa shape index (κ3) is 3.09. The van der Waals surface area contributed by atoms with Gasteiger partial charge in [0.15, 0.2) is 5.78 Å². The van der Waals surface area contributed by atoms with Gasteiger partial charge in [-0.05, 0) is 6.42 Å². The number of ketones is 1. The highest BCUT2D eigenvalue weighted by Crippen LogP contribution is 2.18. The van der Waals surface area contributed by atoms with Gasteiger partial charge >= 0.3 is 6.09 Å². The number of nitrogens with zero attached hydrogens (tertiary/aromatic N) is 2. The molecular weight excluding hydrogens is 208 g/mol. The lowest BCUT2D eigenvalue weighted by atomic mass is 10.0. The maximum atomic E-state index is 11.4. The first-order valence-electron chi connectivity index (χ1n) is 5.11. The van der Waals surface area contributed by atoms with E-state index in [0.29, 0.717) is 19.5 Å². The molecule has 1 atom stereocenters. The lowest BCUT2D eigenvalue weighted by Crippen LogP contribution is -2.30. The Morgan fingerprint density at radius 2 is 2.38 bits per heavy atom. The number of carbonyl (C=O) groups is 2. The smallest absolute Gasteiger partial charge is 0.410 e. The summed E-state index contributed by atoms with van der Waals surface area (Å²) in [6.45, 7) is 4.48. The summed E-state index contributed by atoms with van der Waals surface area (Å²) in [5, 5.41) is 8.40. The van der Waals surface area contributed by atoms with E-state index in [2.05, 4.69) is 6.58 Å². The summed E-state index contributed by atoms with van der Waals surface area (Å²) in [5.41, 5.74) is 0. The van der Waals surface area contributed by atoms with Gasteiger partial charge in [-0.2, -0.15) is 5.26 Å². The van der Waals surface area contributed by atoms with Gasteiger partial charge in [0.25, 0.3) is 0 Å². The molecule has 1 rings (SSSR count). The topological polar surface area (TPSA) is 70.4 Å². The number of amides is 1. The first-order valence-corrected chi connectivity index (χ1v) is 5.11. The Morgan fingerprint density at radius 3 is 3.00 bits per heavy atom. The maximum absolute atomic E-state index is 11.4. The third-order valence-electron chi connectivity index (χ3n) is 2.48. The number of carbonyl (C=O) groups excluding carboxylic acids is 2. The van der Waals surface area contributed by atoms with Crippen molar-refractivity contribution in [2.24, 2.45) is 5.92 Å². The largest absolute Gasteiger partial charge is 0.445 e. The van der Waals surface area contributed by atoms with E-state index in [1.165, 1.54) is 11.0 Å². The molecule has 1 unspecified atom stereocenters. The number of likely N-dealkylation sites (tertiary alicyclic amines) is 1. The van der Waals surface area contributed by atoms with Crippen LogP contribution in [0.25, 0.3) is 0 Å². The van der Waals surface area contributed by atoms with Crippen LogP contribution in [0.3, 0.4) is 0 Å². The molecule has 1 amide bonds. The van der Waals surface area contributed by atoms with Crippen LogP contribution in [0.2, 0.25) is 0 Å². The summed E-state index contributed by atoms with van der Waals surface area (Å²) in [4.78, 5) is 24.3. The molecule has 0 aliphatic carbocycles. The van der Waals surface area contributed by atoms with Gasteiger partial charge in [-0.15, -0.1) is 0 Å². The second-order valence-corrected chi connectivity index (χ2v) is 3.60. The number of Topliss-reactive ketones (excluding diaryl/α,β-unsaturated/α-hetero) is 1. The summed E-state index contributed by atoms with van der Waals surface area (Å²) in [5.74, 6) is -0.308. The Balaban J connectivity index is 2.40. The van der Waals surface area contributed by atoms with Gasteiger partial charge < -0.3 is 9.64 Å². The number of hydrogen-bond acceptors (Lipinski definition) is 4. The molecule has 0 spiro atoms. The van der Waals surface area contributed by atoms with Crippen molar-refractivity contribution in [2.45, 2.75) is 12.8 Å². The van der Waals surface area contributed by atoms with Crippen LogP contribution in [0, 0.1) is 17.2 Å². The van der Waals surface area contributed by atoms with Gasteiger partial charge in [-0.1, -0.05) is 12.7 Å². The molecule has 0 radical (unpaired) electrons. The fraction of sp³-hybridized carbons (Fsp3) is 0.545. The number of ether oxygens (including phenoxy) is 1. The van der Waals surface area contributed by atoms with Crippen molar-refractivity contribution in [1.29, 1.82) is 5.26 Å². The summed E-state index contributed by atoms with van der Waals surface area (Å²) in [6.07, 6.45) is 1.60. The Morgan fingerprint density at radius 1 is 1.62 bits per heavy atom. The highest BCUT2D eigenvalue weighted by molar-refractivity contribution is 5.84. The van der Waals surface area contributed by atoms with Crippen molar-refractivity contribution in [1.82, 2.24) is 4.90 Å². The highest BCUT2D eigenvalue weighted by atomic mass is 16.6. The predicted molar refractivity (Wildman–Crippen MR) is 56.5 cm³/mol. The van der Waals surface area contributed by atoms with Gasteiger partial charge in [0.1, 0.15) is 6.61 Å². The van der Waals surface area contributed by atoms with E-state index in [1.807, 2.05) is 6.07 Å². The predicted octanol–water partition coefficient (Wildman–Crippen LogP) is 1.11. The van der Waals surface area contributed by atoms with E-state index >= 15 is 0 Å². The maximum Gasteiger partial charge on any atom is 0.410 e. The van der Waals surface area contributed by atoms with Crippen molar-refractivity contribution in [3.63, 3.8) is 0 Å². The fourth-order valence-electron chi connectivity index (χ4n) is 1.63. The quantitative estimate of drug-likeness (QED) is 0.668. The van der Waals surface area contributed by atoms with E-state index in [0.717, 1.165) is 0 Å². The van der Waals surface area contributed by atoms with Crippen molar-refractivity contribution in [2.75, 3.05) is 19.7 Å². The average molecular weight is 222 g/mol. The zero-order valence-corrected chi connectivity index (χ0v) is 9.02. The van der Waals surface area contributed by atoms with Crippen LogP contribution in [0.5, 0.6) is 0 Å². The Bertz CT molecular complexity index is 333. The Labute approximate surface area is 94.3 Å². The highest BCUT2D eigenvalue weighted by Gasteiger charge is 2.31. The second kappa shape index (κ2) is 5.91. The second-order valence-electron chi connectivity index (χ2n) is 3.60. The molecule has 1 aliphatic rings. The van der Waals surface area contributed by atoms with Crippen LogP contribution in [0.1, 0.15) is 12.8 Å². The van der Waals surface area contributed by atoms with E-state index in [4.69, 9.17) is 10.00 Å². The molecule has 1 heterocycles. The normalized spacial score (nSPS) is 18.9. The summed E-state index contributed by atoms with van der Waals surface area (Å²) >= 11 is 0. The van der Waals surface area contributed by atoms with E-state index < -0.39 is 6.09 Å². The van der Waals surface area contributed by atoms with E-state index in [-0.39, 0.29) is 24.7 Å². The fourth-order valence-corrected chi connectivity index (χ4v) is 1.63. The van der Waals surface area contributed by atoms with Crippen molar-refractivity contribution < 1.29 is 14.3 Å². The van der Waals surface area contributed by atoms with Crippen molar-refractivity contribution in [3.8, 4) is 6.07 Å². The minimum atomic E-state index is -0.424. The summed E-state index contributed by atoms with van der Waals surface area (Å²) in [6, 6.07) is 1.83. The molecule has 0 N–H and O–H groups in total. The minimum absolute atomic E-state index is 0.0831. The molecule has 0 aromatic carbocycles. The van der Waals surface area contributed by atoms with Crippen LogP contribution in [-0.2, 0) is 9.53 Å². The monoisotopic (exact) mass is 222 g/mol. The number of nitriles is 1. The van der Waals surface area contributed by atoms with Crippen LogP contribution >= 0.6 is 0 Å². The van der Waals surface area contributed by atoms with Crippen LogP contribution in [0.15, 0.2) is 12.7 Å². The van der Waals surface area contributed by atoms with Crippen molar-refractivity contribution >= 4 is 11.9 Å². The van der Waals surface area contributed by atoms with Gasteiger partial charge in [0.2, 0.25) is 0 Å². The van der Waals surface area contributed by atoms with Gasteiger partial charge in [0.05, 0.1) is 12.5 Å². The zero-order valence-electron chi connectivity index (χ0n) is 9.02. The molecule has 1 fully saturated rings. The zero-order chi connectivity index (χ0) is 12.0. The van der Waals surface area contributed by atoms with Crippen LogP contribution in [0.4, 0.5) is 4.79 Å². The molecule has 1 saturated heterocycles. The van der Waals surface area contributed by atoms with Crippen LogP contribution in [-0.4, -0.2) is 36.5 Å². The van der Waals surface area contributed by atoms with Gasteiger partial charge in [-0.3, -0.25) is 4.79 Å². The Hall–Kier alpha value is -1.83. The Kier molecular flexibility index (Phi) is 4.52. The molecular formula is C11H14N2O3. The van der Waals surface area contributed by atoms with Gasteiger partial charge in [0, 0.05) is 19.0 Å². The molecule has 16 heavy (non-hydrogen) atoms.